The van der Waals surface area contributed by atoms with E-state index in [4.69, 9.17) is 28.4 Å². The SMILES string of the molecule is COc1ccc(C(=O)COC(=O)c2cc(OC)c3c(c2)OCCO3)c(OC)c1. The molecule has 0 saturated heterocycles. The van der Waals surface area contributed by atoms with Crippen LogP contribution in [0.5, 0.6) is 28.7 Å². The van der Waals surface area contributed by atoms with Crippen LogP contribution < -0.4 is 23.7 Å². The minimum atomic E-state index is -0.684. The van der Waals surface area contributed by atoms with Gasteiger partial charge in [0.2, 0.25) is 11.5 Å². The Morgan fingerprint density at radius 3 is 2.39 bits per heavy atom. The number of fused-ring (bicyclic) bond motifs is 1. The van der Waals surface area contributed by atoms with Gasteiger partial charge in [0.1, 0.15) is 24.7 Å². The molecule has 0 aliphatic carbocycles. The molecule has 0 aromatic heterocycles. The van der Waals surface area contributed by atoms with E-state index in [1.807, 2.05) is 0 Å². The van der Waals surface area contributed by atoms with Gasteiger partial charge in [-0.25, -0.2) is 4.79 Å². The summed E-state index contributed by atoms with van der Waals surface area (Å²) in [5, 5.41) is 0. The number of hydrogen-bond donors (Lipinski definition) is 0. The Bertz CT molecular complexity index is 873. The van der Waals surface area contributed by atoms with Gasteiger partial charge in [-0.15, -0.1) is 0 Å². The lowest BCUT2D eigenvalue weighted by atomic mass is 10.1. The van der Waals surface area contributed by atoms with E-state index in [0.717, 1.165) is 0 Å². The largest absolute Gasteiger partial charge is 0.497 e. The predicted molar refractivity (Wildman–Crippen MR) is 98.1 cm³/mol. The predicted octanol–water partition coefficient (Wildman–Crippen LogP) is 2.52. The smallest absolute Gasteiger partial charge is 0.338 e. The third-order valence-corrected chi connectivity index (χ3v) is 4.11. The Balaban J connectivity index is 1.73. The van der Waals surface area contributed by atoms with E-state index >= 15 is 0 Å². The molecule has 0 unspecified atom stereocenters. The van der Waals surface area contributed by atoms with Crippen LogP contribution in [0.4, 0.5) is 0 Å². The third kappa shape index (κ3) is 3.95. The Hall–Kier alpha value is -3.42. The fraction of sp³-hybridized carbons (Fsp3) is 0.300. The lowest BCUT2D eigenvalue weighted by Gasteiger charge is -2.21. The molecule has 148 valence electrons. The van der Waals surface area contributed by atoms with Crippen LogP contribution in [0.2, 0.25) is 0 Å². The molecule has 8 nitrogen and oxygen atoms in total. The summed E-state index contributed by atoms with van der Waals surface area (Å²) in [5.74, 6) is 0.973. The van der Waals surface area contributed by atoms with E-state index in [-0.39, 0.29) is 11.1 Å². The van der Waals surface area contributed by atoms with Crippen molar-refractivity contribution in [1.82, 2.24) is 0 Å². The van der Waals surface area contributed by atoms with Crippen LogP contribution in [0.1, 0.15) is 20.7 Å². The molecule has 0 spiro atoms. The van der Waals surface area contributed by atoms with Crippen molar-refractivity contribution in [2.45, 2.75) is 0 Å². The molecule has 1 aliphatic rings. The second kappa shape index (κ2) is 8.51. The Kier molecular flexibility index (Phi) is 5.88. The zero-order valence-electron chi connectivity index (χ0n) is 15.8. The van der Waals surface area contributed by atoms with Gasteiger partial charge >= 0.3 is 5.97 Å². The molecule has 2 aromatic rings. The first-order valence-electron chi connectivity index (χ1n) is 8.47. The molecule has 1 aliphatic heterocycles. The molecule has 8 heteroatoms. The lowest BCUT2D eigenvalue weighted by molar-refractivity contribution is 0.0472. The Morgan fingerprint density at radius 1 is 0.929 bits per heavy atom. The second-order valence-electron chi connectivity index (χ2n) is 5.77. The summed E-state index contributed by atoms with van der Waals surface area (Å²) in [5.41, 5.74) is 0.478. The van der Waals surface area contributed by atoms with Crippen LogP contribution in [0.15, 0.2) is 30.3 Å². The van der Waals surface area contributed by atoms with Crippen molar-refractivity contribution >= 4 is 11.8 Å². The fourth-order valence-corrected chi connectivity index (χ4v) is 2.71. The number of carbonyl (C=O) groups is 2. The molecule has 0 amide bonds. The van der Waals surface area contributed by atoms with Crippen LogP contribution in [0.25, 0.3) is 0 Å². The molecule has 0 saturated carbocycles. The average molecular weight is 388 g/mol. The second-order valence-corrected chi connectivity index (χ2v) is 5.77. The maximum Gasteiger partial charge on any atom is 0.338 e. The third-order valence-electron chi connectivity index (χ3n) is 4.11. The highest BCUT2D eigenvalue weighted by Crippen LogP contribution is 2.40. The van der Waals surface area contributed by atoms with Gasteiger partial charge in [0.05, 0.1) is 32.5 Å². The maximum atomic E-state index is 12.4. The molecule has 2 aromatic carbocycles. The van der Waals surface area contributed by atoms with Gasteiger partial charge in [-0.3, -0.25) is 4.79 Å². The molecule has 3 rings (SSSR count). The summed E-state index contributed by atoms with van der Waals surface area (Å²) < 4.78 is 31.7. The minimum Gasteiger partial charge on any atom is -0.497 e. The van der Waals surface area contributed by atoms with E-state index in [0.29, 0.717) is 42.0 Å². The zero-order valence-corrected chi connectivity index (χ0v) is 15.8. The summed E-state index contributed by atoms with van der Waals surface area (Å²) >= 11 is 0. The van der Waals surface area contributed by atoms with Crippen LogP contribution in [0, 0.1) is 0 Å². The molecule has 0 bridgehead atoms. The number of ether oxygens (including phenoxy) is 6. The summed E-state index contributed by atoms with van der Waals surface area (Å²) in [4.78, 5) is 24.9. The van der Waals surface area contributed by atoms with Gasteiger partial charge < -0.3 is 28.4 Å². The Morgan fingerprint density at radius 2 is 1.68 bits per heavy atom. The molecule has 0 atom stereocenters. The average Bonchev–Trinajstić information content (AvgIpc) is 2.75. The normalized spacial score (nSPS) is 12.1. The quantitative estimate of drug-likeness (QED) is 0.528. The molecule has 0 N–H and O–H groups in total. The van der Waals surface area contributed by atoms with Crippen LogP contribution >= 0.6 is 0 Å². The number of esters is 1. The first kappa shape index (κ1) is 19.3. The number of benzene rings is 2. The van der Waals surface area contributed by atoms with Crippen molar-refractivity contribution in [3.8, 4) is 28.7 Å². The summed E-state index contributed by atoms with van der Waals surface area (Å²) in [7, 11) is 4.42. The van der Waals surface area contributed by atoms with Crippen molar-refractivity contribution in [1.29, 1.82) is 0 Å². The summed E-state index contributed by atoms with van der Waals surface area (Å²) in [6.45, 7) is 0.314. The van der Waals surface area contributed by atoms with Gasteiger partial charge in [-0.1, -0.05) is 0 Å². The van der Waals surface area contributed by atoms with Crippen molar-refractivity contribution < 1.29 is 38.0 Å². The first-order chi connectivity index (χ1) is 13.6. The van der Waals surface area contributed by atoms with Gasteiger partial charge in [-0.2, -0.15) is 0 Å². The van der Waals surface area contributed by atoms with E-state index in [2.05, 4.69) is 0 Å². The number of carbonyl (C=O) groups excluding carboxylic acids is 2. The number of hydrogen-bond acceptors (Lipinski definition) is 8. The van der Waals surface area contributed by atoms with Crippen LogP contribution in [0.3, 0.4) is 0 Å². The number of ketones is 1. The summed E-state index contributed by atoms with van der Waals surface area (Å²) in [6.07, 6.45) is 0. The van der Waals surface area contributed by atoms with Crippen LogP contribution in [-0.2, 0) is 4.74 Å². The van der Waals surface area contributed by atoms with Crippen molar-refractivity contribution in [2.24, 2.45) is 0 Å². The number of Topliss-reactive ketones (excluding diaryl/α,β-unsaturated/α-hetero) is 1. The fourth-order valence-electron chi connectivity index (χ4n) is 2.71. The highest BCUT2D eigenvalue weighted by Gasteiger charge is 2.22. The van der Waals surface area contributed by atoms with Gasteiger partial charge in [0.15, 0.2) is 18.1 Å². The van der Waals surface area contributed by atoms with Crippen LogP contribution in [-0.4, -0.2) is 52.9 Å². The molecule has 1 heterocycles. The standard InChI is InChI=1S/C20H20O8/c1-23-13-4-5-14(16(10-13)24-2)15(21)11-28-20(22)12-8-17(25-3)19-18(9-12)26-6-7-27-19/h4-5,8-10H,6-7,11H2,1-3H3. The highest BCUT2D eigenvalue weighted by molar-refractivity contribution is 6.01. The molecule has 28 heavy (non-hydrogen) atoms. The van der Waals surface area contributed by atoms with Crippen molar-refractivity contribution in [3.63, 3.8) is 0 Å². The van der Waals surface area contributed by atoms with E-state index in [1.165, 1.54) is 33.5 Å². The maximum absolute atomic E-state index is 12.4. The van der Waals surface area contributed by atoms with Crippen molar-refractivity contribution in [3.05, 3.63) is 41.5 Å². The Labute approximate surface area is 161 Å². The monoisotopic (exact) mass is 388 g/mol. The topological polar surface area (TPSA) is 89.5 Å². The molecule has 0 radical (unpaired) electrons. The van der Waals surface area contributed by atoms with Gasteiger partial charge in [-0.05, 0) is 24.3 Å². The minimum absolute atomic E-state index is 0.190. The van der Waals surface area contributed by atoms with E-state index in [9.17, 15) is 9.59 Å². The molecular formula is C20H20O8. The number of methoxy groups -OCH3 is 3. The first-order valence-corrected chi connectivity index (χ1v) is 8.47. The highest BCUT2D eigenvalue weighted by atomic mass is 16.6. The lowest BCUT2D eigenvalue weighted by Crippen LogP contribution is -2.18. The zero-order chi connectivity index (χ0) is 20.1. The van der Waals surface area contributed by atoms with E-state index in [1.54, 1.807) is 18.2 Å². The van der Waals surface area contributed by atoms with Crippen molar-refractivity contribution in [2.75, 3.05) is 41.2 Å². The number of rotatable bonds is 7. The summed E-state index contributed by atoms with van der Waals surface area (Å²) in [6, 6.07) is 7.75. The van der Waals surface area contributed by atoms with Gasteiger partial charge in [0, 0.05) is 6.07 Å². The van der Waals surface area contributed by atoms with E-state index < -0.39 is 18.4 Å². The van der Waals surface area contributed by atoms with Gasteiger partial charge in [0.25, 0.3) is 0 Å². The molecule has 0 fully saturated rings. The molecular weight excluding hydrogens is 368 g/mol.